The van der Waals surface area contributed by atoms with E-state index >= 15 is 0 Å². The smallest absolute Gasteiger partial charge is 0.318 e. The van der Waals surface area contributed by atoms with E-state index in [1.54, 1.807) is 31.2 Å². The monoisotopic (exact) mass is 531 g/mol. The van der Waals surface area contributed by atoms with Crippen LogP contribution in [0.3, 0.4) is 0 Å². The molecule has 1 spiro atoms. The fourth-order valence-electron chi connectivity index (χ4n) is 4.89. The molecule has 1 saturated carbocycles. The fourth-order valence-corrected chi connectivity index (χ4v) is 5.72. The molecule has 12 heteroatoms. The Hall–Kier alpha value is -2.96. The summed E-state index contributed by atoms with van der Waals surface area (Å²) < 4.78 is 38.1. The average Bonchev–Trinajstić information content (AvgIpc) is 3.38. The van der Waals surface area contributed by atoms with Crippen LogP contribution in [0.25, 0.3) is 0 Å². The first-order valence-electron chi connectivity index (χ1n) is 12.7. The number of nitrogens with zero attached hydrogens (tertiary/aromatic N) is 3. The van der Waals surface area contributed by atoms with Crippen molar-refractivity contribution in [3.8, 4) is 6.01 Å². The minimum absolute atomic E-state index is 0.118. The number of anilines is 3. The number of aliphatic hydroxyl groups is 1. The molecular weight excluding hydrogens is 498 g/mol. The Morgan fingerprint density at radius 3 is 2.68 bits per heavy atom. The van der Waals surface area contributed by atoms with E-state index in [2.05, 4.69) is 24.9 Å². The molecule has 1 aromatic heterocycles. The van der Waals surface area contributed by atoms with Crippen molar-refractivity contribution in [3.63, 3.8) is 0 Å². The Kier molecular flexibility index (Phi) is 7.24. The lowest BCUT2D eigenvalue weighted by Crippen LogP contribution is -2.35. The molecule has 3 fully saturated rings. The number of nitrogens with one attached hydrogen (secondary N) is 2. The summed E-state index contributed by atoms with van der Waals surface area (Å²) in [6.07, 6.45) is 5.23. The number of aromatic nitrogens is 2. The molecule has 3 heterocycles. The van der Waals surface area contributed by atoms with Crippen molar-refractivity contribution in [3.05, 3.63) is 35.5 Å². The largest absolute Gasteiger partial charge is 0.458 e. The quantitative estimate of drug-likeness (QED) is 0.444. The predicted octanol–water partition coefficient (Wildman–Crippen LogP) is 2.32. The molecule has 11 nitrogen and oxygen atoms in total. The van der Waals surface area contributed by atoms with Crippen molar-refractivity contribution in [2.75, 3.05) is 53.6 Å². The van der Waals surface area contributed by atoms with Gasteiger partial charge in [0, 0.05) is 31.3 Å². The molecule has 3 N–H and O–H groups in total. The van der Waals surface area contributed by atoms with Gasteiger partial charge >= 0.3 is 6.01 Å². The molecule has 0 unspecified atom stereocenters. The first-order chi connectivity index (χ1) is 17.7. The minimum atomic E-state index is -3.70. The van der Waals surface area contributed by atoms with Crippen LogP contribution in [0.15, 0.2) is 24.3 Å². The van der Waals surface area contributed by atoms with Crippen molar-refractivity contribution in [1.82, 2.24) is 9.97 Å². The van der Waals surface area contributed by atoms with Crippen molar-refractivity contribution in [2.24, 2.45) is 5.41 Å². The second kappa shape index (κ2) is 10.4. The van der Waals surface area contributed by atoms with Gasteiger partial charge in [0.25, 0.3) is 5.91 Å². The molecule has 200 valence electrons. The van der Waals surface area contributed by atoms with Crippen molar-refractivity contribution >= 4 is 33.1 Å². The highest BCUT2D eigenvalue weighted by Gasteiger charge is 2.44. The van der Waals surface area contributed by atoms with Gasteiger partial charge < -0.3 is 24.8 Å². The maximum atomic E-state index is 13.5. The van der Waals surface area contributed by atoms with Gasteiger partial charge in [0.05, 0.1) is 42.5 Å². The highest BCUT2D eigenvalue weighted by Crippen LogP contribution is 2.54. The van der Waals surface area contributed by atoms with E-state index in [9.17, 15) is 13.2 Å². The lowest BCUT2D eigenvalue weighted by atomic mass is 9.93. The number of rotatable bonds is 9. The summed E-state index contributed by atoms with van der Waals surface area (Å²) in [5, 5.41) is 11.9. The summed E-state index contributed by atoms with van der Waals surface area (Å²) in [7, 11) is -3.70. The SMILES string of the molecule is Cc1cc(NC(=O)c2ccc(NS(=O)(=O)CCO)cc2N2CCC3(CC2)CC3)nc(O[C@@H]2CCOC2)n1. The average molecular weight is 532 g/mol. The minimum Gasteiger partial charge on any atom is -0.458 e. The first-order valence-corrected chi connectivity index (χ1v) is 14.3. The third-order valence-electron chi connectivity index (χ3n) is 7.23. The number of carbonyl (C=O) groups is 1. The van der Waals surface area contributed by atoms with Crippen molar-refractivity contribution in [1.29, 1.82) is 0 Å². The van der Waals surface area contributed by atoms with Gasteiger partial charge in [-0.2, -0.15) is 4.98 Å². The highest BCUT2D eigenvalue weighted by molar-refractivity contribution is 7.92. The Balaban J connectivity index is 1.38. The van der Waals surface area contributed by atoms with Crippen LogP contribution >= 0.6 is 0 Å². The van der Waals surface area contributed by atoms with Gasteiger partial charge in [-0.1, -0.05) is 0 Å². The van der Waals surface area contributed by atoms with E-state index in [0.29, 0.717) is 47.1 Å². The van der Waals surface area contributed by atoms with Gasteiger partial charge in [-0.25, -0.2) is 13.4 Å². The van der Waals surface area contributed by atoms with E-state index < -0.39 is 22.4 Å². The van der Waals surface area contributed by atoms with Crippen LogP contribution in [-0.2, 0) is 14.8 Å². The number of benzene rings is 1. The molecular formula is C25H33N5O6S. The van der Waals surface area contributed by atoms with Crippen LogP contribution in [0, 0.1) is 12.3 Å². The Labute approximate surface area is 216 Å². The number of hydrogen-bond acceptors (Lipinski definition) is 9. The first kappa shape index (κ1) is 25.7. The van der Waals surface area contributed by atoms with E-state index in [1.165, 1.54) is 12.8 Å². The molecule has 37 heavy (non-hydrogen) atoms. The van der Waals surface area contributed by atoms with Crippen LogP contribution in [0.4, 0.5) is 17.2 Å². The molecule has 2 aliphatic heterocycles. The summed E-state index contributed by atoms with van der Waals surface area (Å²) in [4.78, 5) is 24.3. The van der Waals surface area contributed by atoms with Gasteiger partial charge in [-0.05, 0) is 56.2 Å². The van der Waals surface area contributed by atoms with Crippen LogP contribution in [0.2, 0.25) is 0 Å². The Bertz CT molecular complexity index is 1250. The molecule has 2 saturated heterocycles. The van der Waals surface area contributed by atoms with Gasteiger partial charge in [-0.3, -0.25) is 9.52 Å². The topological polar surface area (TPSA) is 143 Å². The number of amides is 1. The molecule has 0 bridgehead atoms. The van der Waals surface area contributed by atoms with Crippen LogP contribution in [0.1, 0.15) is 48.2 Å². The number of hydrogen-bond donors (Lipinski definition) is 3. The van der Waals surface area contributed by atoms with Crippen molar-refractivity contribution in [2.45, 2.75) is 45.1 Å². The normalized spacial score (nSPS) is 20.6. The number of sulfonamides is 1. The number of aliphatic hydroxyl groups excluding tert-OH is 1. The van der Waals surface area contributed by atoms with Gasteiger partial charge in [0.2, 0.25) is 10.0 Å². The Morgan fingerprint density at radius 2 is 2.00 bits per heavy atom. The van der Waals surface area contributed by atoms with E-state index in [1.807, 2.05) is 0 Å². The highest BCUT2D eigenvalue weighted by atomic mass is 32.2. The predicted molar refractivity (Wildman–Crippen MR) is 139 cm³/mol. The molecule has 1 atom stereocenters. The maximum Gasteiger partial charge on any atom is 0.318 e. The Morgan fingerprint density at radius 1 is 1.22 bits per heavy atom. The zero-order chi connectivity index (χ0) is 26.0. The fraction of sp³-hybridized carbons (Fsp3) is 0.560. The number of aryl methyl sites for hydroxylation is 1. The third kappa shape index (κ3) is 6.31. The molecule has 1 aromatic carbocycles. The number of carbonyl (C=O) groups excluding carboxylic acids is 1. The molecule has 5 rings (SSSR count). The maximum absolute atomic E-state index is 13.5. The lowest BCUT2D eigenvalue weighted by Gasteiger charge is -2.35. The summed E-state index contributed by atoms with van der Waals surface area (Å²) in [5.41, 5.74) is 2.51. The van der Waals surface area contributed by atoms with E-state index in [4.69, 9.17) is 14.6 Å². The standard InChI is InChI=1S/C25H33N5O6S/c1-17-14-22(28-24(26-17)36-19-4-12-35-16-19)27-23(32)20-3-2-18(29-37(33,34)13-11-31)15-21(20)30-9-7-25(5-6-25)8-10-30/h2-3,14-15,19,29,31H,4-13,16H2,1H3,(H,26,27,28,32)/t19-/m1/s1. The van der Waals surface area contributed by atoms with Crippen LogP contribution < -0.4 is 19.7 Å². The van der Waals surface area contributed by atoms with Gasteiger partial charge in [0.15, 0.2) is 0 Å². The van der Waals surface area contributed by atoms with Crippen molar-refractivity contribution < 1.29 is 27.8 Å². The molecule has 0 radical (unpaired) electrons. The van der Waals surface area contributed by atoms with Crippen LogP contribution in [-0.4, -0.2) is 74.2 Å². The molecule has 1 amide bonds. The number of ether oxygens (including phenoxy) is 2. The van der Waals surface area contributed by atoms with Gasteiger partial charge in [0.1, 0.15) is 11.9 Å². The summed E-state index contributed by atoms with van der Waals surface area (Å²) in [6, 6.07) is 6.72. The second-order valence-corrected chi connectivity index (χ2v) is 11.9. The second-order valence-electron chi connectivity index (χ2n) is 10.1. The summed E-state index contributed by atoms with van der Waals surface area (Å²) >= 11 is 0. The zero-order valence-electron chi connectivity index (χ0n) is 20.9. The van der Waals surface area contributed by atoms with E-state index in [0.717, 1.165) is 32.4 Å². The molecule has 2 aromatic rings. The van der Waals surface area contributed by atoms with E-state index in [-0.39, 0.29) is 18.0 Å². The van der Waals surface area contributed by atoms with Gasteiger partial charge in [-0.15, -0.1) is 0 Å². The molecule has 1 aliphatic carbocycles. The third-order valence-corrected chi connectivity index (χ3v) is 8.50. The summed E-state index contributed by atoms with van der Waals surface area (Å²) in [6.45, 7) is 4.02. The zero-order valence-corrected chi connectivity index (χ0v) is 21.7. The van der Waals surface area contributed by atoms with Crippen LogP contribution in [0.5, 0.6) is 6.01 Å². The summed E-state index contributed by atoms with van der Waals surface area (Å²) in [5.74, 6) is -0.443. The lowest BCUT2D eigenvalue weighted by molar-refractivity contribution is 0.102. The molecule has 3 aliphatic rings. The number of piperidine rings is 1.